The lowest BCUT2D eigenvalue weighted by molar-refractivity contribution is 0.609. The lowest BCUT2D eigenvalue weighted by Crippen LogP contribution is -2.14. The molecule has 2 heterocycles. The second-order valence-electron chi connectivity index (χ2n) is 4.48. The molecule has 0 radical (unpaired) electrons. The number of aryl methyl sites for hydroxylation is 1. The predicted octanol–water partition coefficient (Wildman–Crippen LogP) is 2.05. The lowest BCUT2D eigenvalue weighted by atomic mass is 10.1. The van der Waals surface area contributed by atoms with Crippen molar-refractivity contribution in [2.24, 2.45) is 11.7 Å². The van der Waals surface area contributed by atoms with Gasteiger partial charge in [-0.1, -0.05) is 6.07 Å². The highest BCUT2D eigenvalue weighted by atomic mass is 15.0. The van der Waals surface area contributed by atoms with Crippen molar-refractivity contribution in [1.82, 2.24) is 9.38 Å². The van der Waals surface area contributed by atoms with Gasteiger partial charge in [0.15, 0.2) is 0 Å². The maximum absolute atomic E-state index is 6.20. The quantitative estimate of drug-likeness (QED) is 0.808. The number of rotatable bonds is 2. The van der Waals surface area contributed by atoms with Crippen molar-refractivity contribution in [2.45, 2.75) is 25.8 Å². The summed E-state index contributed by atoms with van der Waals surface area (Å²) in [5.41, 5.74) is 9.58. The zero-order chi connectivity index (χ0) is 10.4. The van der Waals surface area contributed by atoms with Crippen molar-refractivity contribution in [3.05, 3.63) is 35.8 Å². The molecule has 0 aromatic carbocycles. The second kappa shape index (κ2) is 3.07. The normalized spacial score (nSPS) is 18.3. The zero-order valence-corrected chi connectivity index (χ0v) is 8.85. The van der Waals surface area contributed by atoms with Crippen molar-refractivity contribution >= 4 is 5.65 Å². The molecule has 3 rings (SSSR count). The molecular formula is C12H15N3. The van der Waals surface area contributed by atoms with Gasteiger partial charge < -0.3 is 10.1 Å². The fraction of sp³-hybridized carbons (Fsp3) is 0.417. The van der Waals surface area contributed by atoms with Crippen LogP contribution in [0.15, 0.2) is 24.5 Å². The van der Waals surface area contributed by atoms with Crippen LogP contribution in [0.1, 0.15) is 30.1 Å². The van der Waals surface area contributed by atoms with E-state index in [0.29, 0.717) is 5.92 Å². The molecular weight excluding hydrogens is 186 g/mol. The summed E-state index contributed by atoms with van der Waals surface area (Å²) in [7, 11) is 0. The minimum Gasteiger partial charge on any atom is -0.322 e. The minimum absolute atomic E-state index is 0.154. The monoisotopic (exact) mass is 201 g/mol. The fourth-order valence-electron chi connectivity index (χ4n) is 2.05. The number of hydrogen-bond acceptors (Lipinski definition) is 2. The number of hydrogen-bond donors (Lipinski definition) is 1. The van der Waals surface area contributed by atoms with Gasteiger partial charge in [-0.2, -0.15) is 0 Å². The molecule has 1 fully saturated rings. The molecule has 15 heavy (non-hydrogen) atoms. The van der Waals surface area contributed by atoms with E-state index >= 15 is 0 Å². The minimum atomic E-state index is 0.154. The van der Waals surface area contributed by atoms with Gasteiger partial charge in [0, 0.05) is 12.2 Å². The van der Waals surface area contributed by atoms with Gasteiger partial charge in [-0.05, 0) is 37.3 Å². The van der Waals surface area contributed by atoms with Crippen LogP contribution in [0.3, 0.4) is 0 Å². The molecule has 0 saturated heterocycles. The Balaban J connectivity index is 2.13. The number of pyridine rings is 1. The Morgan fingerprint density at radius 1 is 1.47 bits per heavy atom. The summed E-state index contributed by atoms with van der Waals surface area (Å²) in [6.45, 7) is 2.09. The Hall–Kier alpha value is -1.35. The molecule has 0 spiro atoms. The predicted molar refractivity (Wildman–Crippen MR) is 59.6 cm³/mol. The van der Waals surface area contributed by atoms with Crippen molar-refractivity contribution in [2.75, 3.05) is 0 Å². The van der Waals surface area contributed by atoms with Gasteiger partial charge in [-0.15, -0.1) is 0 Å². The topological polar surface area (TPSA) is 43.3 Å². The zero-order valence-electron chi connectivity index (χ0n) is 8.85. The molecule has 0 amide bonds. The van der Waals surface area contributed by atoms with Gasteiger partial charge in [0.1, 0.15) is 5.65 Å². The number of aromatic nitrogens is 2. The van der Waals surface area contributed by atoms with Gasteiger partial charge in [-0.3, -0.25) is 0 Å². The first kappa shape index (κ1) is 8.92. The van der Waals surface area contributed by atoms with Crippen LogP contribution >= 0.6 is 0 Å². The molecule has 0 aliphatic heterocycles. The van der Waals surface area contributed by atoms with E-state index in [2.05, 4.69) is 28.6 Å². The summed E-state index contributed by atoms with van der Waals surface area (Å²) >= 11 is 0. The second-order valence-corrected chi connectivity index (χ2v) is 4.48. The molecule has 0 bridgehead atoms. The number of imidazole rings is 1. The summed E-state index contributed by atoms with van der Waals surface area (Å²) in [4.78, 5) is 4.37. The highest BCUT2D eigenvalue weighted by Crippen LogP contribution is 2.39. The third-order valence-corrected chi connectivity index (χ3v) is 3.15. The van der Waals surface area contributed by atoms with Crippen LogP contribution in [0.25, 0.3) is 5.65 Å². The molecule has 2 aromatic rings. The highest BCUT2D eigenvalue weighted by Gasteiger charge is 2.31. The maximum atomic E-state index is 6.20. The molecule has 1 saturated carbocycles. The SMILES string of the molecule is Cc1ccc2ncc(C(N)C3CC3)n2c1. The van der Waals surface area contributed by atoms with E-state index in [9.17, 15) is 0 Å². The van der Waals surface area contributed by atoms with E-state index in [0.717, 1.165) is 11.3 Å². The van der Waals surface area contributed by atoms with Crippen molar-refractivity contribution in [1.29, 1.82) is 0 Å². The number of fused-ring (bicyclic) bond motifs is 1. The summed E-state index contributed by atoms with van der Waals surface area (Å²) in [5, 5.41) is 0. The van der Waals surface area contributed by atoms with Gasteiger partial charge in [-0.25, -0.2) is 4.98 Å². The molecule has 2 N–H and O–H groups in total. The molecule has 3 nitrogen and oxygen atoms in total. The van der Waals surface area contributed by atoms with Gasteiger partial charge in [0.25, 0.3) is 0 Å². The van der Waals surface area contributed by atoms with E-state index in [4.69, 9.17) is 5.73 Å². The van der Waals surface area contributed by atoms with E-state index in [-0.39, 0.29) is 6.04 Å². The first-order chi connectivity index (χ1) is 7.25. The van der Waals surface area contributed by atoms with E-state index in [1.54, 1.807) is 0 Å². The summed E-state index contributed by atoms with van der Waals surface area (Å²) in [5.74, 6) is 0.672. The van der Waals surface area contributed by atoms with Crippen molar-refractivity contribution < 1.29 is 0 Å². The van der Waals surface area contributed by atoms with E-state index < -0.39 is 0 Å². The molecule has 1 aliphatic carbocycles. The summed E-state index contributed by atoms with van der Waals surface area (Å²) < 4.78 is 2.12. The number of nitrogens with two attached hydrogens (primary N) is 1. The molecule has 1 aliphatic rings. The average molecular weight is 201 g/mol. The average Bonchev–Trinajstić information content (AvgIpc) is 2.98. The molecule has 78 valence electrons. The number of nitrogens with zero attached hydrogens (tertiary/aromatic N) is 2. The Bertz CT molecular complexity index is 497. The van der Waals surface area contributed by atoms with Gasteiger partial charge in [0.05, 0.1) is 11.9 Å². The first-order valence-electron chi connectivity index (χ1n) is 5.45. The standard InChI is InChI=1S/C12H15N3/c1-8-2-5-11-14-6-10(15(11)7-8)12(13)9-3-4-9/h2,5-7,9,12H,3-4,13H2,1H3. The molecule has 3 heteroatoms. The van der Waals surface area contributed by atoms with Crippen LogP contribution in [0.2, 0.25) is 0 Å². The smallest absolute Gasteiger partial charge is 0.136 e. The Morgan fingerprint density at radius 3 is 3.00 bits per heavy atom. The van der Waals surface area contributed by atoms with E-state index in [1.165, 1.54) is 18.4 Å². The van der Waals surface area contributed by atoms with Crippen LogP contribution in [-0.4, -0.2) is 9.38 Å². The van der Waals surface area contributed by atoms with E-state index in [1.807, 2.05) is 12.3 Å². The largest absolute Gasteiger partial charge is 0.322 e. The van der Waals surface area contributed by atoms with Crippen LogP contribution in [-0.2, 0) is 0 Å². The molecule has 1 unspecified atom stereocenters. The Morgan fingerprint density at radius 2 is 2.27 bits per heavy atom. The fourth-order valence-corrected chi connectivity index (χ4v) is 2.05. The summed E-state index contributed by atoms with van der Waals surface area (Å²) in [6.07, 6.45) is 6.55. The molecule has 1 atom stereocenters. The van der Waals surface area contributed by atoms with Crippen molar-refractivity contribution in [3.8, 4) is 0 Å². The Kier molecular flexibility index (Phi) is 1.83. The third kappa shape index (κ3) is 1.43. The van der Waals surface area contributed by atoms with Crippen LogP contribution in [0, 0.1) is 12.8 Å². The van der Waals surface area contributed by atoms with Crippen LogP contribution in [0.4, 0.5) is 0 Å². The van der Waals surface area contributed by atoms with Gasteiger partial charge >= 0.3 is 0 Å². The van der Waals surface area contributed by atoms with Crippen LogP contribution in [0.5, 0.6) is 0 Å². The highest BCUT2D eigenvalue weighted by molar-refractivity contribution is 5.42. The third-order valence-electron chi connectivity index (χ3n) is 3.15. The maximum Gasteiger partial charge on any atom is 0.136 e. The molecule has 2 aromatic heterocycles. The van der Waals surface area contributed by atoms with Gasteiger partial charge in [0.2, 0.25) is 0 Å². The first-order valence-corrected chi connectivity index (χ1v) is 5.45. The lowest BCUT2D eigenvalue weighted by Gasteiger charge is -2.09. The summed E-state index contributed by atoms with van der Waals surface area (Å²) in [6, 6.07) is 4.27. The van der Waals surface area contributed by atoms with Crippen LogP contribution < -0.4 is 5.73 Å². The Labute approximate surface area is 88.9 Å². The van der Waals surface area contributed by atoms with Crippen molar-refractivity contribution in [3.63, 3.8) is 0 Å².